The average Bonchev–Trinajstić information content (AvgIpc) is 3.36. The molecule has 3 aromatic carbocycles. The Bertz CT molecular complexity index is 1520. The van der Waals surface area contributed by atoms with E-state index in [2.05, 4.69) is 0 Å². The molecule has 1 aliphatic rings. The van der Waals surface area contributed by atoms with Crippen molar-refractivity contribution in [1.29, 1.82) is 0 Å². The van der Waals surface area contributed by atoms with Gasteiger partial charge in [0.15, 0.2) is 0 Å². The van der Waals surface area contributed by atoms with E-state index in [4.69, 9.17) is 16.0 Å². The molecule has 0 saturated carbocycles. The van der Waals surface area contributed by atoms with Gasteiger partial charge in [-0.1, -0.05) is 48.0 Å². The summed E-state index contributed by atoms with van der Waals surface area (Å²) in [6, 6.07) is 22.8. The van der Waals surface area contributed by atoms with Crippen LogP contribution in [0.15, 0.2) is 101 Å². The number of urea groups is 1. The van der Waals surface area contributed by atoms with Crippen LogP contribution in [0.4, 0.5) is 21.9 Å². The number of amides is 4. The van der Waals surface area contributed by atoms with Crippen LogP contribution in [-0.2, 0) is 9.59 Å². The molecule has 1 aromatic heterocycles. The summed E-state index contributed by atoms with van der Waals surface area (Å²) in [6.45, 7) is 0. The zero-order valence-electron chi connectivity index (χ0n) is 18.9. The topological polar surface area (TPSA) is 114 Å². The summed E-state index contributed by atoms with van der Waals surface area (Å²) in [5.41, 5.74) is 0.533. The first-order valence-electron chi connectivity index (χ1n) is 10.9. The van der Waals surface area contributed by atoms with E-state index in [1.54, 1.807) is 66.7 Å². The van der Waals surface area contributed by atoms with Crippen molar-refractivity contribution in [2.24, 2.45) is 0 Å². The summed E-state index contributed by atoms with van der Waals surface area (Å²) in [7, 11) is 0. The second-order valence-electron chi connectivity index (χ2n) is 7.92. The van der Waals surface area contributed by atoms with E-state index >= 15 is 0 Å². The number of hydrogen-bond acceptors (Lipinski definition) is 6. The van der Waals surface area contributed by atoms with Gasteiger partial charge in [0.05, 0.1) is 21.3 Å². The molecule has 4 amide bonds. The van der Waals surface area contributed by atoms with Crippen molar-refractivity contribution < 1.29 is 23.7 Å². The molecule has 37 heavy (non-hydrogen) atoms. The highest BCUT2D eigenvalue weighted by Gasteiger charge is 2.43. The van der Waals surface area contributed by atoms with E-state index < -0.39 is 22.8 Å². The maximum absolute atomic E-state index is 13.4. The zero-order valence-corrected chi connectivity index (χ0v) is 19.7. The summed E-state index contributed by atoms with van der Waals surface area (Å²) in [4.78, 5) is 52.5. The van der Waals surface area contributed by atoms with Crippen LogP contribution < -0.4 is 9.80 Å². The first kappa shape index (κ1) is 23.7. The predicted octanol–water partition coefficient (Wildman–Crippen LogP) is 6.09. The van der Waals surface area contributed by atoms with E-state index in [-0.39, 0.29) is 27.8 Å². The number of rotatable bonds is 5. The first-order valence-corrected chi connectivity index (χ1v) is 11.3. The molecule has 10 heteroatoms. The maximum atomic E-state index is 13.4. The van der Waals surface area contributed by atoms with Crippen molar-refractivity contribution >= 4 is 52.6 Å². The lowest BCUT2D eigenvalue weighted by Gasteiger charge is -2.33. The molecular formula is C27H16ClN3O6. The number of nitro benzene ring substituents is 1. The highest BCUT2D eigenvalue weighted by Crippen LogP contribution is 2.34. The lowest BCUT2D eigenvalue weighted by molar-refractivity contribution is -0.384. The molecule has 1 fully saturated rings. The van der Waals surface area contributed by atoms with Crippen molar-refractivity contribution in [3.63, 3.8) is 0 Å². The summed E-state index contributed by atoms with van der Waals surface area (Å²) in [5, 5.41) is 11.1. The number of nitrogens with zero attached hydrogens (tertiary/aromatic N) is 3. The minimum Gasteiger partial charge on any atom is -0.457 e. The summed E-state index contributed by atoms with van der Waals surface area (Å²) >= 11 is 6.21. The Morgan fingerprint density at radius 1 is 0.784 bits per heavy atom. The number of anilines is 2. The quantitative estimate of drug-likeness (QED) is 0.138. The van der Waals surface area contributed by atoms with Crippen LogP contribution in [-0.4, -0.2) is 22.8 Å². The van der Waals surface area contributed by atoms with Crippen LogP contribution in [0.3, 0.4) is 0 Å². The molecule has 5 rings (SSSR count). The Morgan fingerprint density at radius 2 is 1.35 bits per heavy atom. The number of halogens is 1. The zero-order chi connectivity index (χ0) is 26.1. The van der Waals surface area contributed by atoms with E-state index in [0.717, 1.165) is 9.80 Å². The fourth-order valence-electron chi connectivity index (χ4n) is 3.87. The number of nitro groups is 1. The lowest BCUT2D eigenvalue weighted by Crippen LogP contribution is -2.57. The van der Waals surface area contributed by atoms with Gasteiger partial charge in [-0.05, 0) is 48.5 Å². The van der Waals surface area contributed by atoms with Gasteiger partial charge in [-0.3, -0.25) is 19.7 Å². The SMILES string of the molecule is O=C1C(=Cc2ccc(-c3ccc([N+](=O)[O-])cc3Cl)o2)C(=O)N(c2ccccc2)C(=O)N1c1ccccc1. The Balaban J connectivity index is 1.57. The second-order valence-corrected chi connectivity index (χ2v) is 8.32. The van der Waals surface area contributed by atoms with Crippen molar-refractivity contribution in [2.45, 2.75) is 0 Å². The van der Waals surface area contributed by atoms with Gasteiger partial charge >= 0.3 is 6.03 Å². The van der Waals surface area contributed by atoms with Crippen LogP contribution in [0.2, 0.25) is 5.02 Å². The number of benzene rings is 3. The number of carbonyl (C=O) groups excluding carboxylic acids is 3. The van der Waals surface area contributed by atoms with Gasteiger partial charge < -0.3 is 4.42 Å². The molecule has 0 spiro atoms. The molecule has 2 heterocycles. The molecule has 0 radical (unpaired) electrons. The Kier molecular flexibility index (Phi) is 6.12. The van der Waals surface area contributed by atoms with Gasteiger partial charge in [0.1, 0.15) is 17.1 Å². The van der Waals surface area contributed by atoms with E-state index in [0.29, 0.717) is 16.9 Å². The highest BCUT2D eigenvalue weighted by atomic mass is 35.5. The second kappa shape index (κ2) is 9.56. The van der Waals surface area contributed by atoms with Crippen LogP contribution in [0.25, 0.3) is 17.4 Å². The Morgan fingerprint density at radius 3 is 1.86 bits per heavy atom. The van der Waals surface area contributed by atoms with Crippen LogP contribution in [0.1, 0.15) is 5.76 Å². The molecule has 9 nitrogen and oxygen atoms in total. The fourth-order valence-corrected chi connectivity index (χ4v) is 4.14. The normalized spacial score (nSPS) is 13.8. The summed E-state index contributed by atoms with van der Waals surface area (Å²) < 4.78 is 5.80. The Labute approximate surface area is 214 Å². The Hall–Kier alpha value is -5.02. The molecular weight excluding hydrogens is 498 g/mol. The third kappa shape index (κ3) is 4.39. The molecule has 4 aromatic rings. The van der Waals surface area contributed by atoms with E-state index in [1.165, 1.54) is 30.3 Å². The van der Waals surface area contributed by atoms with E-state index in [9.17, 15) is 24.5 Å². The minimum atomic E-state index is -0.806. The molecule has 1 aliphatic heterocycles. The number of furan rings is 1. The van der Waals surface area contributed by atoms with Crippen LogP contribution in [0, 0.1) is 10.1 Å². The van der Waals surface area contributed by atoms with Gasteiger partial charge in [0, 0.05) is 17.7 Å². The molecule has 0 unspecified atom stereocenters. The minimum absolute atomic E-state index is 0.101. The van der Waals surface area contributed by atoms with Gasteiger partial charge in [0.2, 0.25) is 0 Å². The third-order valence-corrected chi connectivity index (χ3v) is 5.93. The van der Waals surface area contributed by atoms with Gasteiger partial charge in [0.25, 0.3) is 17.5 Å². The predicted molar refractivity (Wildman–Crippen MR) is 137 cm³/mol. The number of non-ortho nitro benzene ring substituents is 1. The lowest BCUT2D eigenvalue weighted by atomic mass is 10.1. The van der Waals surface area contributed by atoms with Gasteiger partial charge in [-0.2, -0.15) is 0 Å². The number of imide groups is 2. The highest BCUT2D eigenvalue weighted by molar-refractivity contribution is 6.46. The monoisotopic (exact) mass is 513 g/mol. The molecule has 0 N–H and O–H groups in total. The van der Waals surface area contributed by atoms with Crippen molar-refractivity contribution in [1.82, 2.24) is 0 Å². The number of para-hydroxylation sites is 2. The molecule has 1 saturated heterocycles. The van der Waals surface area contributed by atoms with Gasteiger partial charge in [-0.15, -0.1) is 0 Å². The standard InChI is InChI=1S/C27H16ClN3O6/c28-23-15-19(31(35)36)11-13-21(23)24-14-12-20(37-24)16-22-25(32)29(17-7-3-1-4-8-17)27(34)30(26(22)33)18-9-5-2-6-10-18/h1-16H. The first-order chi connectivity index (χ1) is 17.8. The maximum Gasteiger partial charge on any atom is 0.343 e. The smallest absolute Gasteiger partial charge is 0.343 e. The molecule has 0 bridgehead atoms. The number of carbonyl (C=O) groups is 3. The van der Waals surface area contributed by atoms with Crippen LogP contribution >= 0.6 is 11.6 Å². The molecule has 182 valence electrons. The van der Waals surface area contributed by atoms with E-state index in [1.807, 2.05) is 0 Å². The third-order valence-electron chi connectivity index (χ3n) is 5.62. The summed E-state index contributed by atoms with van der Waals surface area (Å²) in [5.74, 6) is -1.19. The van der Waals surface area contributed by atoms with Crippen molar-refractivity contribution in [3.8, 4) is 11.3 Å². The fraction of sp³-hybridized carbons (Fsp3) is 0. The summed E-state index contributed by atoms with van der Waals surface area (Å²) in [6.07, 6.45) is 1.26. The van der Waals surface area contributed by atoms with Crippen molar-refractivity contribution in [3.05, 3.63) is 117 Å². The van der Waals surface area contributed by atoms with Crippen molar-refractivity contribution in [2.75, 3.05) is 9.80 Å². The average molecular weight is 514 g/mol. The molecule has 0 atom stereocenters. The molecule has 0 aliphatic carbocycles. The number of hydrogen-bond donors (Lipinski definition) is 0. The van der Waals surface area contributed by atoms with Crippen LogP contribution in [0.5, 0.6) is 0 Å². The largest absolute Gasteiger partial charge is 0.457 e. The number of barbiturate groups is 1. The van der Waals surface area contributed by atoms with Gasteiger partial charge in [-0.25, -0.2) is 14.6 Å².